The molecular formula is C42H52N3O8S+. The lowest BCUT2D eigenvalue weighted by Crippen LogP contribution is -2.32. The number of carbonyl (C=O) groups excluding carboxylic acids is 3. The molecule has 3 heterocycles. The summed E-state index contributed by atoms with van der Waals surface area (Å²) in [6, 6.07) is 13.2. The number of anilines is 1. The van der Waals surface area contributed by atoms with Crippen LogP contribution in [0.1, 0.15) is 104 Å². The second-order valence-electron chi connectivity index (χ2n) is 15.2. The largest absolute Gasteiger partial charge is 0.456 e. The zero-order chi connectivity index (χ0) is 39.4. The molecule has 0 spiro atoms. The molecule has 0 radical (unpaired) electrons. The minimum atomic E-state index is -4.41. The van der Waals surface area contributed by atoms with Crippen molar-refractivity contribution in [1.29, 1.82) is 0 Å². The maximum atomic E-state index is 12.3. The van der Waals surface area contributed by atoms with E-state index in [1.807, 2.05) is 44.2 Å². The van der Waals surface area contributed by atoms with E-state index in [0.717, 1.165) is 52.5 Å². The van der Waals surface area contributed by atoms with Gasteiger partial charge in [0.05, 0.1) is 11.0 Å². The van der Waals surface area contributed by atoms with Crippen LogP contribution in [-0.2, 0) is 40.2 Å². The molecule has 0 unspecified atom stereocenters. The summed E-state index contributed by atoms with van der Waals surface area (Å²) in [7, 11) is -4.41. The average Bonchev–Trinajstić information content (AvgIpc) is 3.53. The summed E-state index contributed by atoms with van der Waals surface area (Å²) in [5.74, 6) is -0.0770. The molecule has 12 heteroatoms. The lowest BCUT2D eigenvalue weighted by molar-refractivity contribution is -0.197. The highest BCUT2D eigenvalue weighted by Gasteiger charge is 2.40. The van der Waals surface area contributed by atoms with Crippen molar-refractivity contribution in [1.82, 2.24) is 9.64 Å². The molecule has 4 aliphatic rings. The van der Waals surface area contributed by atoms with Gasteiger partial charge < -0.3 is 14.2 Å². The molecule has 54 heavy (non-hydrogen) atoms. The summed E-state index contributed by atoms with van der Waals surface area (Å²) >= 11 is 0. The van der Waals surface area contributed by atoms with Crippen molar-refractivity contribution in [3.05, 3.63) is 94.7 Å². The van der Waals surface area contributed by atoms with Crippen molar-refractivity contribution in [3.63, 3.8) is 0 Å². The van der Waals surface area contributed by atoms with Gasteiger partial charge in [-0.2, -0.15) is 8.42 Å². The van der Waals surface area contributed by atoms with E-state index >= 15 is 0 Å². The van der Waals surface area contributed by atoms with Gasteiger partial charge in [-0.05, 0) is 85.7 Å². The van der Waals surface area contributed by atoms with Crippen LogP contribution in [0.3, 0.4) is 0 Å². The van der Waals surface area contributed by atoms with Gasteiger partial charge in [-0.1, -0.05) is 59.3 Å². The van der Waals surface area contributed by atoms with Crippen molar-refractivity contribution >= 4 is 39.7 Å². The van der Waals surface area contributed by atoms with Crippen molar-refractivity contribution < 1.29 is 36.6 Å². The molecule has 288 valence electrons. The first-order chi connectivity index (χ1) is 25.4. The third-order valence-corrected chi connectivity index (χ3v) is 10.9. The fourth-order valence-electron chi connectivity index (χ4n) is 7.12. The van der Waals surface area contributed by atoms with Gasteiger partial charge in [-0.25, -0.2) is 9.37 Å². The van der Waals surface area contributed by atoms with Crippen LogP contribution in [-0.4, -0.2) is 55.5 Å². The molecule has 1 aliphatic carbocycles. The summed E-state index contributed by atoms with van der Waals surface area (Å²) in [4.78, 5) is 42.8. The Bertz CT molecular complexity index is 2150. The maximum absolute atomic E-state index is 12.3. The van der Waals surface area contributed by atoms with Crippen LogP contribution in [0.15, 0.2) is 81.8 Å². The Morgan fingerprint density at radius 3 is 2.31 bits per heavy atom. The number of rotatable bonds is 13. The summed E-state index contributed by atoms with van der Waals surface area (Å²) in [5, 5.41) is 1.68. The molecule has 0 atom stereocenters. The predicted octanol–water partition coefficient (Wildman–Crippen LogP) is 7.16. The number of carbonyl (C=O) groups is 3. The Morgan fingerprint density at radius 2 is 1.67 bits per heavy atom. The first-order valence-electron chi connectivity index (χ1n) is 18.6. The van der Waals surface area contributed by atoms with E-state index in [1.165, 1.54) is 17.7 Å². The number of benzene rings is 2. The zero-order valence-corrected chi connectivity index (χ0v) is 33.2. The van der Waals surface area contributed by atoms with Gasteiger partial charge in [-0.15, -0.1) is 5.06 Å². The average molecular weight is 759 g/mol. The van der Waals surface area contributed by atoms with Crippen LogP contribution in [0.25, 0.3) is 17.4 Å². The number of allylic oxidation sites excluding steroid dienone is 5. The standard InChI is InChI=1S/C42H51N3O8S/c1-8-43(9-2)29-19-21-32-33(41(3,4)5)27-30(52-36(32)26-29)16-12-10-13-17-37-42(6,7)34-28-31(54(49,50)51)20-22-35(34)44(37)25-15-11-14-18-40(48)53-45-38(46)23-24-39(45)47/h10,12-13,16-17,19-22,26-28H,8-9,11,14-15,18,23-25H2,1-7H3/p+1. The summed E-state index contributed by atoms with van der Waals surface area (Å²) in [5.41, 5.74) is 4.13. The number of imide groups is 1. The Labute approximate surface area is 318 Å². The number of nitrogens with zero attached hydrogens (tertiary/aromatic N) is 3. The van der Waals surface area contributed by atoms with Gasteiger partial charge >= 0.3 is 5.97 Å². The topological polar surface area (TPSA) is 137 Å². The van der Waals surface area contributed by atoms with E-state index in [0.29, 0.717) is 30.9 Å². The van der Waals surface area contributed by atoms with Gasteiger partial charge in [0.2, 0.25) is 5.36 Å². The van der Waals surface area contributed by atoms with Crippen molar-refractivity contribution in [2.45, 2.75) is 103 Å². The molecule has 1 saturated heterocycles. The molecule has 0 bridgehead atoms. The van der Waals surface area contributed by atoms with E-state index in [1.54, 1.807) is 6.07 Å². The quantitative estimate of drug-likeness (QED) is 0.0633. The SMILES string of the molecule is CC[N+](CC)=c1ccc2c(C(C)(C)C)cc(C=CC=CC=C3N(CCCCCC(=O)ON4C(=O)CCC4=O)c4ccc(S(=O)(=O)O)cc4C3(C)C)oc-2c1. The molecule has 0 aromatic heterocycles. The predicted molar refractivity (Wildman–Crippen MR) is 209 cm³/mol. The molecule has 0 saturated carbocycles. The lowest BCUT2D eigenvalue weighted by Gasteiger charge is -2.27. The third kappa shape index (κ3) is 8.93. The van der Waals surface area contributed by atoms with Crippen LogP contribution < -0.4 is 14.8 Å². The number of hydrogen-bond acceptors (Lipinski definition) is 8. The van der Waals surface area contributed by atoms with Crippen molar-refractivity contribution in [3.8, 4) is 11.3 Å². The number of hydrogen-bond donors (Lipinski definition) is 1. The van der Waals surface area contributed by atoms with E-state index in [2.05, 4.69) is 68.4 Å². The number of hydroxylamine groups is 2. The number of amides is 2. The van der Waals surface area contributed by atoms with E-state index in [4.69, 9.17) is 9.25 Å². The second kappa shape index (κ2) is 16.3. The minimum Gasteiger partial charge on any atom is -0.456 e. The summed E-state index contributed by atoms with van der Waals surface area (Å²) < 4.78 is 42.6. The van der Waals surface area contributed by atoms with Gasteiger partial charge in [0.15, 0.2) is 0 Å². The van der Waals surface area contributed by atoms with Gasteiger partial charge in [0.25, 0.3) is 21.9 Å². The van der Waals surface area contributed by atoms with Crippen molar-refractivity contribution in [2.24, 2.45) is 0 Å². The molecule has 1 aromatic carbocycles. The highest BCUT2D eigenvalue weighted by atomic mass is 32.2. The monoisotopic (exact) mass is 758 g/mol. The molecule has 5 rings (SSSR count). The Morgan fingerprint density at radius 1 is 0.963 bits per heavy atom. The highest BCUT2D eigenvalue weighted by molar-refractivity contribution is 7.85. The van der Waals surface area contributed by atoms with Gasteiger partial charge in [0.1, 0.15) is 24.6 Å². The minimum absolute atomic E-state index is 0.0451. The van der Waals surface area contributed by atoms with Crippen LogP contribution >= 0.6 is 0 Å². The fraction of sp³-hybridized carbons (Fsp3) is 0.429. The normalized spacial score (nSPS) is 16.8. The molecule has 2 amide bonds. The summed E-state index contributed by atoms with van der Waals surface area (Å²) in [6.45, 7) is 17.3. The molecule has 1 fully saturated rings. The van der Waals surface area contributed by atoms with Crippen LogP contribution in [0.5, 0.6) is 0 Å². The van der Waals surface area contributed by atoms with E-state index < -0.39 is 33.3 Å². The molecule has 3 aliphatic heterocycles. The van der Waals surface area contributed by atoms with Gasteiger partial charge in [-0.3, -0.25) is 14.1 Å². The first kappa shape index (κ1) is 40.4. The summed E-state index contributed by atoms with van der Waals surface area (Å²) in [6.07, 6.45) is 11.8. The van der Waals surface area contributed by atoms with Crippen LogP contribution in [0.4, 0.5) is 5.69 Å². The highest BCUT2D eigenvalue weighted by Crippen LogP contribution is 2.48. The Hall–Kier alpha value is -4.81. The fourth-order valence-corrected chi connectivity index (χ4v) is 7.63. The molecule has 1 N–H and O–H groups in total. The zero-order valence-electron chi connectivity index (χ0n) is 32.3. The third-order valence-electron chi connectivity index (χ3n) is 10.1. The molecule has 11 nitrogen and oxygen atoms in total. The van der Waals surface area contributed by atoms with E-state index in [-0.39, 0.29) is 29.6 Å². The number of fused-ring (bicyclic) bond motifs is 2. The Kier molecular flexibility index (Phi) is 12.2. The second-order valence-corrected chi connectivity index (χ2v) is 16.7. The maximum Gasteiger partial charge on any atom is 0.333 e. The first-order valence-corrected chi connectivity index (χ1v) is 20.1. The molecular weight excluding hydrogens is 707 g/mol. The van der Waals surface area contributed by atoms with Crippen LogP contribution in [0, 0.1) is 0 Å². The smallest absolute Gasteiger partial charge is 0.333 e. The van der Waals surface area contributed by atoms with E-state index in [9.17, 15) is 27.4 Å². The van der Waals surface area contributed by atoms with Crippen molar-refractivity contribution in [2.75, 3.05) is 24.5 Å². The number of unbranched alkanes of at least 4 members (excludes halogenated alkanes) is 2. The van der Waals surface area contributed by atoms with Crippen LogP contribution in [0.2, 0.25) is 0 Å². The Balaban J connectivity index is 1.36. The van der Waals surface area contributed by atoms with Gasteiger partial charge in [0, 0.05) is 54.2 Å². The molecule has 1 aromatic rings. The lowest BCUT2D eigenvalue weighted by atomic mass is 9.83.